The summed E-state index contributed by atoms with van der Waals surface area (Å²) in [7, 11) is 0. The number of nitro groups is 1. The lowest BCUT2D eigenvalue weighted by Gasteiger charge is -2.09. The van der Waals surface area contributed by atoms with E-state index in [1.54, 1.807) is 0 Å². The number of anilines is 1. The Morgan fingerprint density at radius 1 is 1.13 bits per heavy atom. The number of benzene rings is 2. The van der Waals surface area contributed by atoms with Crippen LogP contribution in [0.5, 0.6) is 5.75 Å². The van der Waals surface area contributed by atoms with Crippen molar-refractivity contribution in [2.75, 3.05) is 5.32 Å². The number of carbonyl (C=O) groups excluding carboxylic acids is 1. The third kappa shape index (κ3) is 4.70. The van der Waals surface area contributed by atoms with Gasteiger partial charge < -0.3 is 10.1 Å². The van der Waals surface area contributed by atoms with Crippen LogP contribution in [-0.2, 0) is 0 Å². The summed E-state index contributed by atoms with van der Waals surface area (Å²) < 4.78 is 39.8. The van der Waals surface area contributed by atoms with Crippen molar-refractivity contribution >= 4 is 17.3 Å². The van der Waals surface area contributed by atoms with Crippen LogP contribution in [0.4, 0.5) is 24.5 Å². The van der Waals surface area contributed by atoms with Crippen LogP contribution in [0.2, 0.25) is 0 Å². The van der Waals surface area contributed by atoms with Gasteiger partial charge in [-0.2, -0.15) is 0 Å². The molecule has 2 aromatic rings. The first kappa shape index (κ1) is 16.3. The monoisotopic (exact) mass is 326 g/mol. The number of carbonyl (C=O) groups is 1. The van der Waals surface area contributed by atoms with Crippen molar-refractivity contribution in [3.8, 4) is 5.75 Å². The van der Waals surface area contributed by atoms with Crippen LogP contribution in [-0.4, -0.2) is 17.2 Å². The van der Waals surface area contributed by atoms with Gasteiger partial charge in [-0.25, -0.2) is 0 Å². The second-order valence-electron chi connectivity index (χ2n) is 4.33. The zero-order valence-electron chi connectivity index (χ0n) is 11.3. The summed E-state index contributed by atoms with van der Waals surface area (Å²) in [6.45, 7) is 0. The highest BCUT2D eigenvalue weighted by Crippen LogP contribution is 2.23. The number of hydrogen-bond donors (Lipinski definition) is 1. The first-order valence-electron chi connectivity index (χ1n) is 6.16. The Hall–Kier alpha value is -3.10. The van der Waals surface area contributed by atoms with Crippen LogP contribution in [0, 0.1) is 10.1 Å². The fourth-order valence-electron chi connectivity index (χ4n) is 1.71. The van der Waals surface area contributed by atoms with Gasteiger partial charge in [0.2, 0.25) is 0 Å². The van der Waals surface area contributed by atoms with Crippen molar-refractivity contribution in [2.24, 2.45) is 0 Å². The number of nitrogens with one attached hydrogen (secondary N) is 1. The highest BCUT2D eigenvalue weighted by Gasteiger charge is 2.31. The maximum absolute atomic E-state index is 12.0. The van der Waals surface area contributed by atoms with Gasteiger partial charge in [0.25, 0.3) is 11.6 Å². The summed E-state index contributed by atoms with van der Waals surface area (Å²) >= 11 is 0. The van der Waals surface area contributed by atoms with Crippen molar-refractivity contribution in [1.29, 1.82) is 0 Å². The molecular formula is C14H9F3N2O4. The molecule has 120 valence electrons. The lowest BCUT2D eigenvalue weighted by Crippen LogP contribution is -2.17. The molecule has 0 unspecified atom stereocenters. The average molecular weight is 326 g/mol. The summed E-state index contributed by atoms with van der Waals surface area (Å²) in [5.74, 6) is -1.08. The minimum absolute atomic E-state index is 0.0750. The van der Waals surface area contributed by atoms with Crippen molar-refractivity contribution in [2.45, 2.75) is 6.36 Å². The van der Waals surface area contributed by atoms with E-state index >= 15 is 0 Å². The maximum atomic E-state index is 12.0. The molecule has 0 saturated heterocycles. The molecule has 0 saturated carbocycles. The van der Waals surface area contributed by atoms with Crippen LogP contribution in [0.3, 0.4) is 0 Å². The first-order valence-corrected chi connectivity index (χ1v) is 6.16. The van der Waals surface area contributed by atoms with E-state index in [0.717, 1.165) is 24.3 Å². The average Bonchev–Trinajstić information content (AvgIpc) is 2.46. The molecule has 1 amide bonds. The smallest absolute Gasteiger partial charge is 0.406 e. The van der Waals surface area contributed by atoms with E-state index in [0.29, 0.717) is 0 Å². The van der Waals surface area contributed by atoms with Crippen LogP contribution >= 0.6 is 0 Å². The lowest BCUT2D eigenvalue weighted by molar-refractivity contribution is -0.384. The van der Waals surface area contributed by atoms with Gasteiger partial charge in [-0.05, 0) is 30.3 Å². The van der Waals surface area contributed by atoms with Gasteiger partial charge in [0.15, 0.2) is 0 Å². The molecule has 0 radical (unpaired) electrons. The zero-order valence-corrected chi connectivity index (χ0v) is 11.3. The fourth-order valence-corrected chi connectivity index (χ4v) is 1.71. The highest BCUT2D eigenvalue weighted by atomic mass is 19.4. The van der Waals surface area contributed by atoms with E-state index in [1.807, 2.05) is 0 Å². The number of nitro benzene ring substituents is 1. The third-order valence-electron chi connectivity index (χ3n) is 2.66. The summed E-state index contributed by atoms with van der Waals surface area (Å²) in [5, 5.41) is 13.1. The predicted molar refractivity (Wildman–Crippen MR) is 74.2 cm³/mol. The second-order valence-corrected chi connectivity index (χ2v) is 4.33. The maximum Gasteiger partial charge on any atom is 0.573 e. The minimum atomic E-state index is -4.81. The summed E-state index contributed by atoms with van der Waals surface area (Å²) in [4.78, 5) is 22.0. The molecule has 2 aromatic carbocycles. The van der Waals surface area contributed by atoms with Gasteiger partial charge in [0, 0.05) is 23.4 Å². The van der Waals surface area contributed by atoms with E-state index < -0.39 is 22.9 Å². The molecule has 0 atom stereocenters. The van der Waals surface area contributed by atoms with Gasteiger partial charge in [-0.15, -0.1) is 13.2 Å². The van der Waals surface area contributed by atoms with Gasteiger partial charge in [-0.1, -0.05) is 6.07 Å². The molecule has 0 aromatic heterocycles. The molecule has 0 spiro atoms. The molecule has 0 bridgehead atoms. The number of alkyl halides is 3. The Balaban J connectivity index is 2.09. The molecule has 0 fully saturated rings. The van der Waals surface area contributed by atoms with Gasteiger partial charge in [0.1, 0.15) is 5.75 Å². The van der Waals surface area contributed by atoms with Gasteiger partial charge in [-0.3, -0.25) is 14.9 Å². The minimum Gasteiger partial charge on any atom is -0.406 e. The molecule has 0 heterocycles. The Morgan fingerprint density at radius 3 is 2.35 bits per heavy atom. The molecule has 0 aliphatic carbocycles. The Kier molecular flexibility index (Phi) is 4.49. The molecule has 1 N–H and O–H groups in total. The molecule has 6 nitrogen and oxygen atoms in total. The zero-order chi connectivity index (χ0) is 17.0. The molecule has 9 heteroatoms. The summed E-state index contributed by atoms with van der Waals surface area (Å²) in [6, 6.07) is 9.56. The van der Waals surface area contributed by atoms with Crippen LogP contribution in [0.25, 0.3) is 0 Å². The first-order chi connectivity index (χ1) is 10.7. The Morgan fingerprint density at radius 2 is 1.78 bits per heavy atom. The molecular weight excluding hydrogens is 317 g/mol. The largest absolute Gasteiger partial charge is 0.573 e. The number of non-ortho nitro benzene ring substituents is 1. The van der Waals surface area contributed by atoms with Crippen molar-refractivity contribution in [3.05, 3.63) is 64.2 Å². The van der Waals surface area contributed by atoms with Crippen molar-refractivity contribution in [1.82, 2.24) is 0 Å². The van der Waals surface area contributed by atoms with E-state index in [1.165, 1.54) is 24.3 Å². The SMILES string of the molecule is O=C(Nc1cccc([N+](=O)[O-])c1)c1ccc(OC(F)(F)F)cc1. The fraction of sp³-hybridized carbons (Fsp3) is 0.0714. The number of amides is 1. The molecule has 0 aliphatic heterocycles. The van der Waals surface area contributed by atoms with Gasteiger partial charge in [0.05, 0.1) is 4.92 Å². The number of nitrogens with zero attached hydrogens (tertiary/aromatic N) is 1. The van der Waals surface area contributed by atoms with E-state index in [4.69, 9.17) is 0 Å². The molecule has 0 aliphatic rings. The number of ether oxygens (including phenoxy) is 1. The van der Waals surface area contributed by atoms with E-state index in [9.17, 15) is 28.1 Å². The number of rotatable bonds is 4. The summed E-state index contributed by atoms with van der Waals surface area (Å²) in [6.07, 6.45) is -4.81. The molecule has 23 heavy (non-hydrogen) atoms. The standard InChI is InChI=1S/C14H9F3N2O4/c15-14(16,17)23-12-6-4-9(5-7-12)13(20)18-10-2-1-3-11(8-10)19(21)22/h1-8H,(H,18,20). The van der Waals surface area contributed by atoms with Crippen LogP contribution in [0.1, 0.15) is 10.4 Å². The number of hydrogen-bond acceptors (Lipinski definition) is 4. The third-order valence-corrected chi connectivity index (χ3v) is 2.66. The van der Waals surface area contributed by atoms with Crippen molar-refractivity contribution < 1.29 is 27.6 Å². The number of halogens is 3. The van der Waals surface area contributed by atoms with Crippen LogP contribution < -0.4 is 10.1 Å². The topological polar surface area (TPSA) is 81.5 Å². The second kappa shape index (κ2) is 6.34. The highest BCUT2D eigenvalue weighted by molar-refractivity contribution is 6.04. The van der Waals surface area contributed by atoms with Crippen molar-refractivity contribution in [3.63, 3.8) is 0 Å². The van der Waals surface area contributed by atoms with Crippen LogP contribution in [0.15, 0.2) is 48.5 Å². The quantitative estimate of drug-likeness (QED) is 0.685. The normalized spacial score (nSPS) is 10.9. The van der Waals surface area contributed by atoms with E-state index in [2.05, 4.69) is 10.1 Å². The van der Waals surface area contributed by atoms with Gasteiger partial charge >= 0.3 is 6.36 Å². The summed E-state index contributed by atoms with van der Waals surface area (Å²) in [5.41, 5.74) is 0.0718. The molecule has 2 rings (SSSR count). The van der Waals surface area contributed by atoms with E-state index in [-0.39, 0.29) is 16.9 Å². The predicted octanol–water partition coefficient (Wildman–Crippen LogP) is 3.75. The lowest BCUT2D eigenvalue weighted by atomic mass is 10.2. The Labute approximate surface area is 127 Å². The Bertz CT molecular complexity index is 730.